The second kappa shape index (κ2) is 7.06. The Morgan fingerprint density at radius 2 is 2.11 bits per heavy atom. The average molecular weight is 249 g/mol. The first-order chi connectivity index (χ1) is 8.62. The maximum Gasteiger partial charge on any atom is 0.337 e. The van der Waals surface area contributed by atoms with Gasteiger partial charge < -0.3 is 14.1 Å². The molecular weight excluding hydrogens is 231 g/mol. The third kappa shape index (κ3) is 3.77. The molecule has 1 aromatic carbocycles. The van der Waals surface area contributed by atoms with Crippen LogP contribution >= 0.6 is 0 Å². The van der Waals surface area contributed by atoms with Gasteiger partial charge in [0.25, 0.3) is 0 Å². The minimum atomic E-state index is -0.382. The van der Waals surface area contributed by atoms with Crippen LogP contribution in [-0.2, 0) is 9.39 Å². The molecule has 0 saturated heterocycles. The van der Waals surface area contributed by atoms with E-state index in [0.717, 1.165) is 11.9 Å². The summed E-state index contributed by atoms with van der Waals surface area (Å²) < 4.78 is 15.4. The first-order valence-corrected chi connectivity index (χ1v) is 5.87. The fourth-order valence-electron chi connectivity index (χ4n) is 1.41. The van der Waals surface area contributed by atoms with Gasteiger partial charge in [-0.3, -0.25) is 0 Å². The second-order valence-electron chi connectivity index (χ2n) is 3.93. The number of rotatable bonds is 6. The van der Waals surface area contributed by atoms with E-state index in [1.807, 2.05) is 13.8 Å². The van der Waals surface area contributed by atoms with Crippen molar-refractivity contribution in [3.8, 4) is 5.75 Å². The molecule has 18 heavy (non-hydrogen) atoms. The summed E-state index contributed by atoms with van der Waals surface area (Å²) in [5.41, 5.74) is 1.26. The lowest BCUT2D eigenvalue weighted by atomic mass is 9.86. The van der Waals surface area contributed by atoms with E-state index in [4.69, 9.17) is 9.39 Å². The third-order valence-corrected chi connectivity index (χ3v) is 2.58. The average Bonchev–Trinajstić information content (AvgIpc) is 2.39. The van der Waals surface area contributed by atoms with Gasteiger partial charge in [0, 0.05) is 7.11 Å². The largest absolute Gasteiger partial charge is 0.491 e. The molecule has 1 unspecified atom stereocenters. The van der Waals surface area contributed by atoms with Crippen LogP contribution in [-0.4, -0.2) is 33.8 Å². The van der Waals surface area contributed by atoms with Gasteiger partial charge in [0.2, 0.25) is 0 Å². The van der Waals surface area contributed by atoms with Crippen molar-refractivity contribution in [1.82, 2.24) is 0 Å². The number of methoxy groups -OCH3 is 1. The van der Waals surface area contributed by atoms with Crippen molar-refractivity contribution in [2.45, 2.75) is 26.4 Å². The minimum absolute atomic E-state index is 0.0712. The summed E-state index contributed by atoms with van der Waals surface area (Å²) in [6.07, 6.45) is 0.955. The molecule has 0 amide bonds. The number of benzene rings is 1. The number of ether oxygens (including phenoxy) is 2. The quantitative estimate of drug-likeness (QED) is 0.566. The maximum atomic E-state index is 11.5. The summed E-state index contributed by atoms with van der Waals surface area (Å²) in [7, 11) is 4.51. The Hall–Kier alpha value is -1.49. The van der Waals surface area contributed by atoms with Crippen LogP contribution in [0.25, 0.3) is 0 Å². The molecule has 1 rings (SSSR count). The molecule has 97 valence electrons. The van der Waals surface area contributed by atoms with E-state index in [9.17, 15) is 4.79 Å². The molecule has 0 aliphatic carbocycles. The Kier molecular flexibility index (Phi) is 5.72. The van der Waals surface area contributed by atoms with Crippen molar-refractivity contribution in [1.29, 1.82) is 0 Å². The van der Waals surface area contributed by atoms with Gasteiger partial charge >= 0.3 is 13.5 Å². The number of hydrogen-bond acceptors (Lipinski definition) is 4. The predicted octanol–water partition coefficient (Wildman–Crippen LogP) is 1.54. The Balaban J connectivity index is 3.02. The van der Waals surface area contributed by atoms with Crippen LogP contribution in [0.15, 0.2) is 18.2 Å². The van der Waals surface area contributed by atoms with E-state index in [-0.39, 0.29) is 12.1 Å². The summed E-state index contributed by atoms with van der Waals surface area (Å²) in [6, 6.07) is 5.12. The fourth-order valence-corrected chi connectivity index (χ4v) is 1.41. The summed E-state index contributed by atoms with van der Waals surface area (Å²) in [6.45, 7) is 4.01. The summed E-state index contributed by atoms with van der Waals surface area (Å²) in [5.74, 6) is 0.238. The summed E-state index contributed by atoms with van der Waals surface area (Å²) in [4.78, 5) is 11.5. The van der Waals surface area contributed by atoms with Crippen molar-refractivity contribution in [2.24, 2.45) is 0 Å². The molecule has 1 radical (unpaired) electrons. The van der Waals surface area contributed by atoms with E-state index in [0.29, 0.717) is 11.3 Å². The van der Waals surface area contributed by atoms with Gasteiger partial charge in [0.1, 0.15) is 5.75 Å². The lowest BCUT2D eigenvalue weighted by molar-refractivity contribution is 0.0600. The molecule has 0 spiro atoms. The Bertz CT molecular complexity index is 406. The zero-order chi connectivity index (χ0) is 13.5. The maximum absolute atomic E-state index is 11.5. The van der Waals surface area contributed by atoms with E-state index < -0.39 is 0 Å². The van der Waals surface area contributed by atoms with Crippen LogP contribution in [0.2, 0.25) is 0 Å². The fraction of sp³-hybridized carbons (Fsp3) is 0.462. The molecule has 1 aromatic rings. The monoisotopic (exact) mass is 249 g/mol. The number of esters is 1. The van der Waals surface area contributed by atoms with Crippen LogP contribution in [0.5, 0.6) is 5.75 Å². The third-order valence-electron chi connectivity index (χ3n) is 2.58. The van der Waals surface area contributed by atoms with Gasteiger partial charge in [0.05, 0.1) is 18.8 Å². The predicted molar refractivity (Wildman–Crippen MR) is 70.6 cm³/mol. The summed E-state index contributed by atoms with van der Waals surface area (Å²) >= 11 is 0. The van der Waals surface area contributed by atoms with Crippen molar-refractivity contribution < 1.29 is 18.9 Å². The highest BCUT2D eigenvalue weighted by molar-refractivity contribution is 6.48. The van der Waals surface area contributed by atoms with Gasteiger partial charge in [0.15, 0.2) is 0 Å². The van der Waals surface area contributed by atoms with Gasteiger partial charge in [-0.2, -0.15) is 0 Å². The molecule has 0 N–H and O–H groups in total. The number of carbonyl (C=O) groups is 1. The van der Waals surface area contributed by atoms with Crippen LogP contribution < -0.4 is 10.2 Å². The molecule has 0 saturated carbocycles. The molecule has 5 heteroatoms. The van der Waals surface area contributed by atoms with Crippen molar-refractivity contribution in [3.05, 3.63) is 23.8 Å². The molecular formula is C13H18BO4. The highest BCUT2D eigenvalue weighted by Crippen LogP contribution is 2.14. The van der Waals surface area contributed by atoms with Crippen LogP contribution in [0.3, 0.4) is 0 Å². The van der Waals surface area contributed by atoms with E-state index in [1.54, 1.807) is 32.8 Å². The standard InChI is InChI=1S/C13H18BO4/c1-5-9(2)18-12-8-10(13(15)16-3)6-7-11(12)14-17-4/h6-9H,5H2,1-4H3. The molecule has 0 fully saturated rings. The Labute approximate surface area is 109 Å². The highest BCUT2D eigenvalue weighted by Gasteiger charge is 2.13. The van der Waals surface area contributed by atoms with E-state index in [1.165, 1.54) is 7.11 Å². The smallest absolute Gasteiger partial charge is 0.337 e. The van der Waals surface area contributed by atoms with Gasteiger partial charge in [-0.1, -0.05) is 13.0 Å². The first-order valence-electron chi connectivity index (χ1n) is 5.87. The van der Waals surface area contributed by atoms with Crippen molar-refractivity contribution >= 4 is 18.9 Å². The lowest BCUT2D eigenvalue weighted by Gasteiger charge is -2.16. The Morgan fingerprint density at radius 1 is 1.39 bits per heavy atom. The molecule has 0 aliphatic rings. The molecule has 0 aromatic heterocycles. The second-order valence-corrected chi connectivity index (χ2v) is 3.93. The molecule has 0 aliphatic heterocycles. The normalized spacial score (nSPS) is 11.8. The van der Waals surface area contributed by atoms with Crippen molar-refractivity contribution in [3.63, 3.8) is 0 Å². The zero-order valence-electron chi connectivity index (χ0n) is 11.2. The molecule has 1 atom stereocenters. The minimum Gasteiger partial charge on any atom is -0.491 e. The SMILES string of the molecule is CCC(C)Oc1cc(C(=O)OC)ccc1[B]OC. The zero-order valence-corrected chi connectivity index (χ0v) is 11.2. The Morgan fingerprint density at radius 3 is 2.67 bits per heavy atom. The van der Waals surface area contributed by atoms with E-state index >= 15 is 0 Å². The number of carbonyl (C=O) groups excluding carboxylic acids is 1. The summed E-state index contributed by atoms with van der Waals surface area (Å²) in [5, 5.41) is 0. The van der Waals surface area contributed by atoms with Gasteiger partial charge in [-0.15, -0.1) is 0 Å². The van der Waals surface area contributed by atoms with Crippen LogP contribution in [0.4, 0.5) is 0 Å². The van der Waals surface area contributed by atoms with Gasteiger partial charge in [-0.05, 0) is 30.9 Å². The van der Waals surface area contributed by atoms with Crippen molar-refractivity contribution in [2.75, 3.05) is 14.2 Å². The van der Waals surface area contributed by atoms with Gasteiger partial charge in [-0.25, -0.2) is 4.79 Å². The lowest BCUT2D eigenvalue weighted by Crippen LogP contribution is -2.23. The molecule has 0 bridgehead atoms. The van der Waals surface area contributed by atoms with Crippen LogP contribution in [0.1, 0.15) is 30.6 Å². The topological polar surface area (TPSA) is 44.8 Å². The number of hydrogen-bond donors (Lipinski definition) is 0. The van der Waals surface area contributed by atoms with Crippen LogP contribution in [0, 0.1) is 0 Å². The van der Waals surface area contributed by atoms with E-state index in [2.05, 4.69) is 4.74 Å². The molecule has 4 nitrogen and oxygen atoms in total. The highest BCUT2D eigenvalue weighted by atomic mass is 16.5. The first kappa shape index (κ1) is 14.6. The molecule has 0 heterocycles.